The Morgan fingerprint density at radius 3 is 2.29 bits per heavy atom. The first-order valence-corrected chi connectivity index (χ1v) is 12.7. The van der Waals surface area contributed by atoms with Crippen molar-refractivity contribution in [3.8, 4) is 11.3 Å². The summed E-state index contributed by atoms with van der Waals surface area (Å²) in [7, 11) is 1.56. The number of carbonyl (C=O) groups is 2. The number of rotatable bonds is 8. The molecule has 178 valence electrons. The van der Waals surface area contributed by atoms with Crippen LogP contribution < -0.4 is 10.6 Å². The maximum Gasteiger partial charge on any atom is 0.272 e. The molecule has 1 aromatic heterocycles. The minimum atomic E-state index is -0.739. The molecule has 4 rings (SSSR count). The average molecular weight is 596 g/mol. The van der Waals surface area contributed by atoms with E-state index in [1.165, 1.54) is 0 Å². The highest BCUT2D eigenvalue weighted by Crippen LogP contribution is 2.24. The molecule has 0 bridgehead atoms. The van der Waals surface area contributed by atoms with Gasteiger partial charge in [-0.05, 0) is 47.0 Å². The second-order valence-corrected chi connectivity index (χ2v) is 9.87. The summed E-state index contributed by atoms with van der Waals surface area (Å²) in [5.41, 5.74) is 4.00. The van der Waals surface area contributed by atoms with E-state index in [9.17, 15) is 9.59 Å². The molecule has 1 heterocycles. The molecule has 0 unspecified atom stereocenters. The number of carbonyl (C=O) groups excluding carboxylic acids is 2. The molecule has 1 atom stereocenters. The van der Waals surface area contributed by atoms with Crippen molar-refractivity contribution in [2.75, 3.05) is 7.05 Å². The van der Waals surface area contributed by atoms with E-state index in [1.54, 1.807) is 13.1 Å². The van der Waals surface area contributed by atoms with Crippen LogP contribution in [-0.2, 0) is 17.8 Å². The van der Waals surface area contributed by atoms with Crippen molar-refractivity contribution in [1.82, 2.24) is 20.4 Å². The van der Waals surface area contributed by atoms with E-state index in [2.05, 4.69) is 47.6 Å². The predicted molar refractivity (Wildman–Crippen MR) is 144 cm³/mol. The highest BCUT2D eigenvalue weighted by atomic mass is 79.9. The first kappa shape index (κ1) is 24.9. The number of likely N-dealkylation sites (N-methyl/N-ethyl adjacent to an activating group) is 1. The number of halogens is 2. The molecular formula is C27H24Br2N4O2. The molecule has 0 spiro atoms. The molecule has 0 radical (unpaired) electrons. The topological polar surface area (TPSA) is 76.0 Å². The van der Waals surface area contributed by atoms with Gasteiger partial charge in [0.25, 0.3) is 5.91 Å². The van der Waals surface area contributed by atoms with Gasteiger partial charge in [-0.2, -0.15) is 5.10 Å². The summed E-state index contributed by atoms with van der Waals surface area (Å²) in [5.74, 6) is -0.672. The van der Waals surface area contributed by atoms with E-state index < -0.39 is 11.9 Å². The Bertz CT molecular complexity index is 1320. The molecule has 35 heavy (non-hydrogen) atoms. The van der Waals surface area contributed by atoms with Gasteiger partial charge in [0.2, 0.25) is 5.91 Å². The Balaban J connectivity index is 1.63. The zero-order valence-corrected chi connectivity index (χ0v) is 22.2. The zero-order chi connectivity index (χ0) is 24.8. The molecule has 0 aliphatic carbocycles. The molecule has 0 aliphatic heterocycles. The first-order valence-electron chi connectivity index (χ1n) is 11.1. The molecule has 0 fully saturated rings. The second kappa shape index (κ2) is 11.5. The van der Waals surface area contributed by atoms with Crippen LogP contribution in [0.3, 0.4) is 0 Å². The predicted octanol–water partition coefficient (Wildman–Crippen LogP) is 5.21. The van der Waals surface area contributed by atoms with Gasteiger partial charge in [0.15, 0.2) is 5.69 Å². The van der Waals surface area contributed by atoms with Crippen LogP contribution >= 0.6 is 31.9 Å². The lowest BCUT2D eigenvalue weighted by Gasteiger charge is -2.17. The van der Waals surface area contributed by atoms with Crippen LogP contribution in [-0.4, -0.2) is 34.7 Å². The van der Waals surface area contributed by atoms with Gasteiger partial charge in [0, 0.05) is 22.4 Å². The smallest absolute Gasteiger partial charge is 0.272 e. The van der Waals surface area contributed by atoms with Gasteiger partial charge in [-0.15, -0.1) is 0 Å². The number of nitrogens with zero attached hydrogens (tertiary/aromatic N) is 2. The summed E-state index contributed by atoms with van der Waals surface area (Å²) in [6, 6.07) is 26.5. The zero-order valence-electron chi connectivity index (χ0n) is 19.0. The first-order chi connectivity index (χ1) is 16.9. The molecule has 8 heteroatoms. The Kier molecular flexibility index (Phi) is 8.15. The summed E-state index contributed by atoms with van der Waals surface area (Å²) >= 11 is 6.93. The van der Waals surface area contributed by atoms with Crippen LogP contribution in [0.25, 0.3) is 11.3 Å². The Morgan fingerprint density at radius 2 is 1.60 bits per heavy atom. The lowest BCUT2D eigenvalue weighted by atomic mass is 10.0. The lowest BCUT2D eigenvalue weighted by molar-refractivity contribution is -0.122. The molecule has 3 aromatic carbocycles. The van der Waals surface area contributed by atoms with Crippen LogP contribution in [0.5, 0.6) is 0 Å². The van der Waals surface area contributed by atoms with E-state index >= 15 is 0 Å². The van der Waals surface area contributed by atoms with Gasteiger partial charge in [0.1, 0.15) is 6.04 Å². The van der Waals surface area contributed by atoms with Crippen molar-refractivity contribution in [1.29, 1.82) is 0 Å². The Hall–Kier alpha value is -3.23. The fourth-order valence-electron chi connectivity index (χ4n) is 3.77. The summed E-state index contributed by atoms with van der Waals surface area (Å²) in [5, 5.41) is 10.1. The fourth-order valence-corrected chi connectivity index (χ4v) is 4.48. The van der Waals surface area contributed by atoms with Gasteiger partial charge in [-0.25, -0.2) is 0 Å². The van der Waals surface area contributed by atoms with Crippen molar-refractivity contribution in [2.24, 2.45) is 0 Å². The lowest BCUT2D eigenvalue weighted by Crippen LogP contribution is -2.47. The van der Waals surface area contributed by atoms with Gasteiger partial charge < -0.3 is 10.6 Å². The SMILES string of the molecule is CNC(=O)[C@H](Cc1cccc(Br)c1)NC(=O)c1cc(-c2ccc(Br)cc2)n(Cc2ccccc2)n1. The number of hydrogen-bond acceptors (Lipinski definition) is 3. The van der Waals surface area contributed by atoms with Gasteiger partial charge >= 0.3 is 0 Å². The molecule has 0 saturated heterocycles. The van der Waals surface area contributed by atoms with Crippen LogP contribution in [0.4, 0.5) is 0 Å². The van der Waals surface area contributed by atoms with E-state index in [4.69, 9.17) is 0 Å². The standard InChI is InChI=1S/C27H24Br2N4O2/c1-30-26(34)23(15-19-8-5-9-22(29)14-19)31-27(35)24-16-25(20-10-12-21(28)13-11-20)33(32-24)17-18-6-3-2-4-7-18/h2-14,16,23H,15,17H2,1H3,(H,30,34)(H,31,35)/t23-/m0/s1. The third-order valence-corrected chi connectivity index (χ3v) is 6.55. The third-order valence-electron chi connectivity index (χ3n) is 5.52. The normalized spacial score (nSPS) is 11.6. The molecule has 4 aromatic rings. The number of hydrogen-bond donors (Lipinski definition) is 2. The van der Waals surface area contributed by atoms with Crippen molar-refractivity contribution in [3.05, 3.63) is 111 Å². The molecule has 2 amide bonds. The molecule has 0 saturated carbocycles. The monoisotopic (exact) mass is 594 g/mol. The average Bonchev–Trinajstić information content (AvgIpc) is 3.28. The number of amides is 2. The van der Waals surface area contributed by atoms with E-state index in [0.29, 0.717) is 13.0 Å². The number of nitrogens with one attached hydrogen (secondary N) is 2. The van der Waals surface area contributed by atoms with Gasteiger partial charge in [0.05, 0.1) is 12.2 Å². The molecular weight excluding hydrogens is 572 g/mol. The van der Waals surface area contributed by atoms with Crippen molar-refractivity contribution in [3.63, 3.8) is 0 Å². The number of aromatic nitrogens is 2. The minimum absolute atomic E-state index is 0.252. The number of benzene rings is 3. The van der Waals surface area contributed by atoms with Crippen molar-refractivity contribution < 1.29 is 9.59 Å². The maximum absolute atomic E-state index is 13.3. The van der Waals surface area contributed by atoms with Gasteiger partial charge in [-0.3, -0.25) is 14.3 Å². The fraction of sp³-hybridized carbons (Fsp3) is 0.148. The van der Waals surface area contributed by atoms with E-state index in [-0.39, 0.29) is 11.6 Å². The summed E-state index contributed by atoms with van der Waals surface area (Å²) in [6.07, 6.45) is 0.356. The quantitative estimate of drug-likeness (QED) is 0.294. The van der Waals surface area contributed by atoms with Crippen molar-refractivity contribution >= 4 is 43.7 Å². The summed E-state index contributed by atoms with van der Waals surface area (Å²) < 4.78 is 3.70. The van der Waals surface area contributed by atoms with E-state index in [0.717, 1.165) is 31.3 Å². The van der Waals surface area contributed by atoms with Crippen LogP contribution in [0, 0.1) is 0 Å². The van der Waals surface area contributed by atoms with Crippen LogP contribution in [0.2, 0.25) is 0 Å². The maximum atomic E-state index is 13.3. The molecule has 6 nitrogen and oxygen atoms in total. The largest absolute Gasteiger partial charge is 0.357 e. The Labute approximate surface area is 221 Å². The van der Waals surface area contributed by atoms with Crippen LogP contribution in [0.1, 0.15) is 21.6 Å². The van der Waals surface area contributed by atoms with E-state index in [1.807, 2.05) is 83.5 Å². The Morgan fingerprint density at radius 1 is 0.886 bits per heavy atom. The summed E-state index contributed by atoms with van der Waals surface area (Å²) in [4.78, 5) is 25.8. The van der Waals surface area contributed by atoms with Crippen molar-refractivity contribution in [2.45, 2.75) is 19.0 Å². The minimum Gasteiger partial charge on any atom is -0.357 e. The highest BCUT2D eigenvalue weighted by molar-refractivity contribution is 9.10. The van der Waals surface area contributed by atoms with Gasteiger partial charge in [-0.1, -0.05) is 86.5 Å². The highest BCUT2D eigenvalue weighted by Gasteiger charge is 2.23. The second-order valence-electron chi connectivity index (χ2n) is 8.04. The molecule has 0 aliphatic rings. The summed E-state index contributed by atoms with van der Waals surface area (Å²) in [6.45, 7) is 0.510. The van der Waals surface area contributed by atoms with Crippen LogP contribution in [0.15, 0.2) is 93.9 Å². The molecule has 2 N–H and O–H groups in total. The third kappa shape index (κ3) is 6.46.